The number of unbranched alkanes of at least 4 members (excludes halogenated alkanes) is 43. The van der Waals surface area contributed by atoms with Crippen molar-refractivity contribution in [3.8, 4) is 0 Å². The number of allylic oxidation sites excluding steroid dienone is 4. The summed E-state index contributed by atoms with van der Waals surface area (Å²) in [5, 5.41) is 23.3. The summed E-state index contributed by atoms with van der Waals surface area (Å²) in [7, 11) is 0. The van der Waals surface area contributed by atoms with Crippen LogP contribution in [0.4, 0.5) is 0 Å². The van der Waals surface area contributed by atoms with Gasteiger partial charge in [0.25, 0.3) is 0 Å². The van der Waals surface area contributed by atoms with Gasteiger partial charge in [0.2, 0.25) is 5.91 Å². The monoisotopic (exact) mass is 972 g/mol. The fourth-order valence-electron chi connectivity index (χ4n) is 9.69. The van der Waals surface area contributed by atoms with Gasteiger partial charge in [0, 0.05) is 12.8 Å². The van der Waals surface area contributed by atoms with Gasteiger partial charge in [0.1, 0.15) is 0 Å². The smallest absolute Gasteiger partial charge is 0.305 e. The molecule has 408 valence electrons. The number of nitrogens with one attached hydrogen (secondary N) is 1. The number of hydrogen-bond acceptors (Lipinski definition) is 5. The minimum atomic E-state index is -0.670. The van der Waals surface area contributed by atoms with Gasteiger partial charge in [0.15, 0.2) is 0 Å². The zero-order valence-electron chi connectivity index (χ0n) is 46.6. The number of aliphatic hydroxyl groups excluding tert-OH is 2. The molecule has 0 aliphatic heterocycles. The summed E-state index contributed by atoms with van der Waals surface area (Å²) in [5.41, 5.74) is 0. The van der Waals surface area contributed by atoms with Gasteiger partial charge in [-0.1, -0.05) is 276 Å². The minimum Gasteiger partial charge on any atom is -0.466 e. The van der Waals surface area contributed by atoms with E-state index in [-0.39, 0.29) is 18.5 Å². The highest BCUT2D eigenvalue weighted by atomic mass is 16.5. The van der Waals surface area contributed by atoms with E-state index in [9.17, 15) is 19.8 Å². The van der Waals surface area contributed by atoms with Crippen LogP contribution < -0.4 is 5.32 Å². The molecule has 69 heavy (non-hydrogen) atoms. The van der Waals surface area contributed by atoms with Crippen LogP contribution in [0.3, 0.4) is 0 Å². The van der Waals surface area contributed by atoms with E-state index in [1.54, 1.807) is 0 Å². The molecule has 6 nitrogen and oxygen atoms in total. The third-order valence-corrected chi connectivity index (χ3v) is 14.5. The number of hydrogen-bond donors (Lipinski definition) is 3. The van der Waals surface area contributed by atoms with E-state index in [2.05, 4.69) is 43.5 Å². The molecule has 3 N–H and O–H groups in total. The molecule has 2 atom stereocenters. The van der Waals surface area contributed by atoms with Gasteiger partial charge in [0.05, 0.1) is 25.4 Å². The number of aliphatic hydroxyl groups is 2. The Balaban J connectivity index is 3.43. The number of carbonyl (C=O) groups excluding carboxylic acids is 2. The maximum atomic E-state index is 12.5. The molecule has 0 aromatic rings. The summed E-state index contributed by atoms with van der Waals surface area (Å²) >= 11 is 0. The predicted molar refractivity (Wildman–Crippen MR) is 301 cm³/mol. The van der Waals surface area contributed by atoms with E-state index < -0.39 is 12.1 Å². The molecule has 0 saturated heterocycles. The van der Waals surface area contributed by atoms with E-state index >= 15 is 0 Å². The van der Waals surface area contributed by atoms with Gasteiger partial charge >= 0.3 is 5.97 Å². The molecule has 0 aliphatic carbocycles. The molecule has 0 aromatic carbocycles. The number of carbonyl (C=O) groups is 2. The molecule has 0 bridgehead atoms. The fourth-order valence-corrected chi connectivity index (χ4v) is 9.69. The third kappa shape index (κ3) is 55.5. The van der Waals surface area contributed by atoms with Crippen LogP contribution in [0.2, 0.25) is 0 Å². The third-order valence-electron chi connectivity index (χ3n) is 14.5. The van der Waals surface area contributed by atoms with Crippen molar-refractivity contribution in [3.05, 3.63) is 24.3 Å². The van der Waals surface area contributed by atoms with Gasteiger partial charge in [-0.3, -0.25) is 9.59 Å². The first-order chi connectivity index (χ1) is 34.0. The Hall–Kier alpha value is -1.66. The maximum Gasteiger partial charge on any atom is 0.305 e. The summed E-state index contributed by atoms with van der Waals surface area (Å²) in [6, 6.07) is -0.549. The molecule has 2 unspecified atom stereocenters. The number of ether oxygens (including phenoxy) is 1. The van der Waals surface area contributed by atoms with Gasteiger partial charge in [-0.2, -0.15) is 0 Å². The lowest BCUT2D eigenvalue weighted by Gasteiger charge is -2.22. The molecule has 0 heterocycles. The average Bonchev–Trinajstić information content (AvgIpc) is 3.35. The van der Waals surface area contributed by atoms with Crippen molar-refractivity contribution in [1.82, 2.24) is 5.32 Å². The average molecular weight is 973 g/mol. The molecule has 1 amide bonds. The van der Waals surface area contributed by atoms with E-state index in [1.165, 1.54) is 263 Å². The lowest BCUT2D eigenvalue weighted by atomic mass is 10.0. The Morgan fingerprint density at radius 3 is 1.03 bits per heavy atom. The molecule has 0 saturated carbocycles. The lowest BCUT2D eigenvalue weighted by Crippen LogP contribution is -2.45. The largest absolute Gasteiger partial charge is 0.466 e. The summed E-state index contributed by atoms with van der Waals surface area (Å²) in [4.78, 5) is 24.6. The van der Waals surface area contributed by atoms with Crippen molar-refractivity contribution in [3.63, 3.8) is 0 Å². The Morgan fingerprint density at radius 2 is 0.681 bits per heavy atom. The SMILES string of the molecule is CCCCCCCC/C=C\CCCCCCCCCC(=O)OCCCCCCCCCC/C=C\CCCCCCCCCC(=O)NC(CO)C(O)CCCCCCCCCCCCCCCCCC. The zero-order valence-corrected chi connectivity index (χ0v) is 46.6. The van der Waals surface area contributed by atoms with Crippen molar-refractivity contribution >= 4 is 11.9 Å². The van der Waals surface area contributed by atoms with Crippen LogP contribution in [0.5, 0.6) is 0 Å². The van der Waals surface area contributed by atoms with Crippen molar-refractivity contribution in [1.29, 1.82) is 0 Å². The molecule has 0 fully saturated rings. The molecular formula is C63H121NO5. The topological polar surface area (TPSA) is 95.9 Å². The first-order valence-corrected chi connectivity index (χ1v) is 31.1. The van der Waals surface area contributed by atoms with Gasteiger partial charge in [-0.25, -0.2) is 0 Å². The van der Waals surface area contributed by atoms with Crippen LogP contribution in [-0.4, -0.2) is 47.4 Å². The fraction of sp³-hybridized carbons (Fsp3) is 0.905. The van der Waals surface area contributed by atoms with Crippen molar-refractivity contribution < 1.29 is 24.5 Å². The van der Waals surface area contributed by atoms with Crippen molar-refractivity contribution in [2.45, 2.75) is 353 Å². The molecule has 0 aromatic heterocycles. The standard InChI is InChI=1S/C63H121NO5/c1-3-5-7-9-11-13-15-17-19-24-29-33-37-41-45-49-53-57-63(68)69-58-54-50-46-42-38-34-30-26-23-21-22-25-28-32-36-40-44-48-52-56-62(67)64-60(59-65)61(66)55-51-47-43-39-35-31-27-20-18-16-14-12-10-8-6-4-2/h17,19,21-22,60-61,65-66H,3-16,18,20,23-59H2,1-2H3,(H,64,67)/b19-17-,22-21-. The molecule has 6 heteroatoms. The van der Waals surface area contributed by atoms with Gasteiger partial charge in [-0.15, -0.1) is 0 Å². The summed E-state index contributed by atoms with van der Waals surface area (Å²) in [5.74, 6) is -0.0415. The first-order valence-electron chi connectivity index (χ1n) is 31.1. The van der Waals surface area contributed by atoms with Crippen LogP contribution in [0.1, 0.15) is 341 Å². The first kappa shape index (κ1) is 67.3. The Labute approximate surface area is 431 Å². The van der Waals surface area contributed by atoms with E-state index in [0.717, 1.165) is 44.9 Å². The second-order valence-corrected chi connectivity index (χ2v) is 21.4. The van der Waals surface area contributed by atoms with Crippen LogP contribution in [-0.2, 0) is 14.3 Å². The molecule has 0 radical (unpaired) electrons. The van der Waals surface area contributed by atoms with Crippen LogP contribution in [0.25, 0.3) is 0 Å². The summed E-state index contributed by atoms with van der Waals surface area (Å²) in [6.45, 7) is 4.95. The van der Waals surface area contributed by atoms with Crippen LogP contribution >= 0.6 is 0 Å². The Kier molecular flexibility index (Phi) is 57.5. The molecule has 0 aliphatic rings. The highest BCUT2D eigenvalue weighted by Crippen LogP contribution is 2.17. The highest BCUT2D eigenvalue weighted by Gasteiger charge is 2.20. The molecule has 0 rings (SSSR count). The number of rotatable bonds is 58. The molecular weight excluding hydrogens is 851 g/mol. The normalized spacial score (nSPS) is 12.7. The van der Waals surface area contributed by atoms with E-state index in [0.29, 0.717) is 25.9 Å². The van der Waals surface area contributed by atoms with E-state index in [4.69, 9.17) is 4.74 Å². The lowest BCUT2D eigenvalue weighted by molar-refractivity contribution is -0.143. The summed E-state index contributed by atoms with van der Waals surface area (Å²) < 4.78 is 5.49. The van der Waals surface area contributed by atoms with Gasteiger partial charge < -0.3 is 20.3 Å². The zero-order chi connectivity index (χ0) is 50.0. The van der Waals surface area contributed by atoms with Crippen LogP contribution in [0.15, 0.2) is 24.3 Å². The Morgan fingerprint density at radius 1 is 0.391 bits per heavy atom. The summed E-state index contributed by atoms with van der Waals surface area (Å²) in [6.07, 6.45) is 71.8. The Bertz CT molecular complexity index is 1080. The number of esters is 1. The quantitative estimate of drug-likeness (QED) is 0.0321. The predicted octanol–water partition coefficient (Wildman–Crippen LogP) is 19.4. The second-order valence-electron chi connectivity index (χ2n) is 21.4. The number of amides is 1. The van der Waals surface area contributed by atoms with Gasteiger partial charge in [-0.05, 0) is 77.0 Å². The van der Waals surface area contributed by atoms with Crippen molar-refractivity contribution in [2.75, 3.05) is 13.2 Å². The second kappa shape index (κ2) is 58.9. The highest BCUT2D eigenvalue weighted by molar-refractivity contribution is 5.76. The van der Waals surface area contributed by atoms with E-state index in [1.807, 2.05) is 0 Å². The molecule has 0 spiro atoms. The minimum absolute atomic E-state index is 0.00114. The van der Waals surface area contributed by atoms with Crippen molar-refractivity contribution in [2.24, 2.45) is 0 Å². The van der Waals surface area contributed by atoms with Crippen LogP contribution in [0, 0.1) is 0 Å². The maximum absolute atomic E-state index is 12.5.